The molecule has 2 aromatic heterocycles. The summed E-state index contributed by atoms with van der Waals surface area (Å²) in [5.41, 5.74) is -2.79. The third-order valence-electron chi connectivity index (χ3n) is 5.22. The summed E-state index contributed by atoms with van der Waals surface area (Å²) >= 11 is 0. The van der Waals surface area contributed by atoms with Crippen LogP contribution in [0, 0.1) is 11.3 Å². The molecule has 186 valence electrons. The van der Waals surface area contributed by atoms with E-state index in [1.165, 1.54) is 19.3 Å². The number of oxime groups is 1. The van der Waals surface area contributed by atoms with E-state index < -0.39 is 29.0 Å². The number of halogens is 3. The fraction of sp³-hybridized carbons (Fsp3) is 0.429. The summed E-state index contributed by atoms with van der Waals surface area (Å²) in [6.07, 6.45) is -1.34. The molecule has 3 rings (SSSR count). The second-order valence-corrected chi connectivity index (χ2v) is 7.85. The van der Waals surface area contributed by atoms with E-state index in [2.05, 4.69) is 20.6 Å². The smallest absolute Gasteiger partial charge is 0.386 e. The van der Waals surface area contributed by atoms with Crippen LogP contribution in [-0.2, 0) is 15.8 Å². The number of carbonyl (C=O) groups excluding carboxylic acids is 1. The van der Waals surface area contributed by atoms with Gasteiger partial charge >= 0.3 is 6.18 Å². The van der Waals surface area contributed by atoms with Gasteiger partial charge in [-0.1, -0.05) is 5.16 Å². The first-order chi connectivity index (χ1) is 16.6. The molecule has 1 unspecified atom stereocenters. The molecule has 0 aromatic carbocycles. The lowest BCUT2D eigenvalue weighted by Gasteiger charge is -2.40. The number of nitrogens with zero attached hydrogens (tertiary/aromatic N) is 6. The van der Waals surface area contributed by atoms with Crippen molar-refractivity contribution in [3.05, 3.63) is 46.0 Å². The van der Waals surface area contributed by atoms with Crippen LogP contribution in [0.3, 0.4) is 0 Å². The molecule has 2 atom stereocenters. The predicted octanol–water partition coefficient (Wildman–Crippen LogP) is 1.60. The fourth-order valence-corrected chi connectivity index (χ4v) is 3.56. The van der Waals surface area contributed by atoms with Gasteiger partial charge in [0.1, 0.15) is 17.5 Å². The molecular formula is C21H23F3N8O3. The van der Waals surface area contributed by atoms with Crippen molar-refractivity contribution in [3.8, 4) is 6.07 Å². The zero-order valence-corrected chi connectivity index (χ0v) is 18.9. The molecule has 0 spiro atoms. The van der Waals surface area contributed by atoms with E-state index >= 15 is 0 Å². The van der Waals surface area contributed by atoms with Crippen LogP contribution in [-0.4, -0.2) is 70.5 Å². The van der Waals surface area contributed by atoms with Crippen molar-refractivity contribution in [2.24, 2.45) is 5.16 Å². The standard InChI is InChI=1S/C21H23F3N8O3/c1-13(29-16-10-27-30-20(34)19(16)21(22,23)24)8-28-35-12-18(33)32-6-5-31(11-14(32)2)17-4-3-15(7-25)9-26-17/h3-4,8-10,13-14H,5-6,11-12H2,1-2H3,(H2,29,30,34)/b28-8+/t13?,14-/m1/s1. The van der Waals surface area contributed by atoms with Gasteiger partial charge in [-0.25, -0.2) is 10.1 Å². The average Bonchev–Trinajstić information content (AvgIpc) is 2.81. The molecule has 1 aliphatic heterocycles. The number of aromatic nitrogens is 3. The Labute approximate surface area is 198 Å². The minimum Gasteiger partial charge on any atom is -0.386 e. The molecular weight excluding hydrogens is 469 g/mol. The van der Waals surface area contributed by atoms with E-state index in [1.807, 2.05) is 17.9 Å². The minimum atomic E-state index is -4.87. The summed E-state index contributed by atoms with van der Waals surface area (Å²) in [6.45, 7) is 4.56. The highest BCUT2D eigenvalue weighted by Gasteiger charge is 2.37. The van der Waals surface area contributed by atoms with Crippen molar-refractivity contribution >= 4 is 23.6 Å². The molecule has 1 saturated heterocycles. The zero-order chi connectivity index (χ0) is 25.6. The van der Waals surface area contributed by atoms with E-state index in [4.69, 9.17) is 10.1 Å². The average molecular weight is 492 g/mol. The molecule has 0 radical (unpaired) electrons. The lowest BCUT2D eigenvalue weighted by Crippen LogP contribution is -2.55. The maximum absolute atomic E-state index is 13.1. The number of hydrogen-bond acceptors (Lipinski definition) is 9. The van der Waals surface area contributed by atoms with Crippen LogP contribution in [0.25, 0.3) is 0 Å². The van der Waals surface area contributed by atoms with Gasteiger partial charge in [0.2, 0.25) is 0 Å². The number of nitriles is 1. The molecule has 3 heterocycles. The van der Waals surface area contributed by atoms with E-state index in [1.54, 1.807) is 22.1 Å². The summed E-state index contributed by atoms with van der Waals surface area (Å²) in [5, 5.41) is 20.2. The van der Waals surface area contributed by atoms with Crippen molar-refractivity contribution in [2.45, 2.75) is 32.1 Å². The van der Waals surface area contributed by atoms with Crippen LogP contribution in [0.1, 0.15) is 25.0 Å². The van der Waals surface area contributed by atoms with Gasteiger partial charge in [-0.2, -0.15) is 23.5 Å². The number of hydrogen-bond donors (Lipinski definition) is 2. The largest absolute Gasteiger partial charge is 0.423 e. The van der Waals surface area contributed by atoms with E-state index in [9.17, 15) is 22.8 Å². The van der Waals surface area contributed by atoms with E-state index in [0.717, 1.165) is 12.0 Å². The number of piperazine rings is 1. The third kappa shape index (κ3) is 6.46. The monoisotopic (exact) mass is 492 g/mol. The van der Waals surface area contributed by atoms with Gasteiger partial charge in [0.05, 0.1) is 29.7 Å². The summed E-state index contributed by atoms with van der Waals surface area (Å²) in [4.78, 5) is 37.0. The van der Waals surface area contributed by atoms with Crippen LogP contribution in [0.2, 0.25) is 0 Å². The lowest BCUT2D eigenvalue weighted by atomic mass is 10.2. The minimum absolute atomic E-state index is 0.133. The number of nitrogens with one attached hydrogen (secondary N) is 2. The van der Waals surface area contributed by atoms with Crippen molar-refractivity contribution < 1.29 is 22.8 Å². The van der Waals surface area contributed by atoms with Gasteiger partial charge in [-0.05, 0) is 26.0 Å². The quantitative estimate of drug-likeness (QED) is 0.439. The Kier molecular flexibility index (Phi) is 7.90. The number of pyridine rings is 1. The Hall–Kier alpha value is -4.15. The number of rotatable bonds is 7. The summed E-state index contributed by atoms with van der Waals surface area (Å²) in [7, 11) is 0. The highest BCUT2D eigenvalue weighted by atomic mass is 19.4. The van der Waals surface area contributed by atoms with Crippen LogP contribution in [0.4, 0.5) is 24.7 Å². The van der Waals surface area contributed by atoms with Gasteiger partial charge in [0.15, 0.2) is 6.61 Å². The molecule has 1 amide bonds. The van der Waals surface area contributed by atoms with Crippen LogP contribution < -0.4 is 15.8 Å². The van der Waals surface area contributed by atoms with Crippen molar-refractivity contribution in [3.63, 3.8) is 0 Å². The van der Waals surface area contributed by atoms with Crippen molar-refractivity contribution in [1.82, 2.24) is 20.1 Å². The zero-order valence-electron chi connectivity index (χ0n) is 18.9. The van der Waals surface area contributed by atoms with Crippen LogP contribution in [0.5, 0.6) is 0 Å². The van der Waals surface area contributed by atoms with Gasteiger partial charge in [0.25, 0.3) is 11.5 Å². The van der Waals surface area contributed by atoms with Gasteiger partial charge in [-0.15, -0.1) is 0 Å². The topological polar surface area (TPSA) is 140 Å². The highest BCUT2D eigenvalue weighted by Crippen LogP contribution is 2.31. The maximum atomic E-state index is 13.1. The maximum Gasteiger partial charge on any atom is 0.423 e. The Bertz CT molecular complexity index is 1160. The number of alkyl halides is 3. The number of aromatic amines is 1. The number of anilines is 2. The molecule has 2 N–H and O–H groups in total. The molecule has 11 nitrogen and oxygen atoms in total. The molecule has 2 aromatic rings. The molecule has 1 fully saturated rings. The molecule has 0 aliphatic carbocycles. The lowest BCUT2D eigenvalue weighted by molar-refractivity contribution is -0.139. The first-order valence-corrected chi connectivity index (χ1v) is 10.6. The van der Waals surface area contributed by atoms with Crippen LogP contribution in [0.15, 0.2) is 34.5 Å². The first-order valence-electron chi connectivity index (χ1n) is 10.6. The normalized spacial score (nSPS) is 17.2. The second kappa shape index (κ2) is 10.9. The predicted molar refractivity (Wildman–Crippen MR) is 120 cm³/mol. The third-order valence-corrected chi connectivity index (χ3v) is 5.22. The molecule has 35 heavy (non-hydrogen) atoms. The molecule has 14 heteroatoms. The van der Waals surface area contributed by atoms with Crippen LogP contribution >= 0.6 is 0 Å². The Morgan fingerprint density at radius 2 is 2.20 bits per heavy atom. The number of amides is 1. The summed E-state index contributed by atoms with van der Waals surface area (Å²) < 4.78 is 39.3. The highest BCUT2D eigenvalue weighted by molar-refractivity contribution is 5.78. The molecule has 0 saturated carbocycles. The van der Waals surface area contributed by atoms with Crippen molar-refractivity contribution in [1.29, 1.82) is 5.26 Å². The Morgan fingerprint density at radius 3 is 2.83 bits per heavy atom. The fourth-order valence-electron chi connectivity index (χ4n) is 3.56. The van der Waals surface area contributed by atoms with E-state index in [0.29, 0.717) is 25.2 Å². The first kappa shape index (κ1) is 25.5. The number of carbonyl (C=O) groups is 1. The van der Waals surface area contributed by atoms with Gasteiger partial charge in [-0.3, -0.25) is 9.59 Å². The Balaban J connectivity index is 1.49. The summed E-state index contributed by atoms with van der Waals surface area (Å²) in [6, 6.07) is 4.57. The Morgan fingerprint density at radius 1 is 1.43 bits per heavy atom. The van der Waals surface area contributed by atoms with Gasteiger partial charge in [0, 0.05) is 31.9 Å². The summed E-state index contributed by atoms with van der Waals surface area (Å²) in [5.74, 6) is 0.426. The van der Waals surface area contributed by atoms with Gasteiger partial charge < -0.3 is 20.0 Å². The molecule has 1 aliphatic rings. The van der Waals surface area contributed by atoms with E-state index in [-0.39, 0.29) is 18.6 Å². The molecule has 0 bridgehead atoms. The SMILES string of the molecule is CC(/C=N/OCC(=O)N1CCN(c2ccc(C#N)cn2)C[C@H]1C)Nc1cn[nH]c(=O)c1C(F)(F)F. The van der Waals surface area contributed by atoms with Crippen molar-refractivity contribution in [2.75, 3.05) is 36.5 Å². The second-order valence-electron chi connectivity index (χ2n) is 7.85. The number of H-pyrrole nitrogens is 1.